The Kier molecular flexibility index (Phi) is 12.4. The van der Waals surface area contributed by atoms with Crippen LogP contribution in [0.15, 0.2) is 23.3 Å². The van der Waals surface area contributed by atoms with Crippen LogP contribution in [0.5, 0.6) is 0 Å². The van der Waals surface area contributed by atoms with E-state index < -0.39 is 0 Å². The van der Waals surface area contributed by atoms with Gasteiger partial charge in [-0.1, -0.05) is 45.9 Å². The molecule has 1 heterocycles. The third-order valence-electron chi connectivity index (χ3n) is 4.04. The first kappa shape index (κ1) is 20.2. The predicted molar refractivity (Wildman–Crippen MR) is 104 cm³/mol. The van der Waals surface area contributed by atoms with E-state index in [1.54, 1.807) is 0 Å². The van der Waals surface area contributed by atoms with Gasteiger partial charge in [-0.15, -0.1) is 0 Å². The monoisotopic (exact) mass is 420 g/mol. The molecule has 128 valence electrons. The van der Waals surface area contributed by atoms with Crippen LogP contribution in [-0.4, -0.2) is 23.9 Å². The van der Waals surface area contributed by atoms with Crippen LogP contribution in [-0.2, 0) is 9.47 Å². The third-order valence-corrected chi connectivity index (χ3v) is 4.66. The minimum atomic E-state index is 0.0719. The second-order valence-corrected chi connectivity index (χ2v) is 7.32. The molecule has 1 unspecified atom stereocenters. The Labute approximate surface area is 150 Å². The fraction of sp³-hybridized carbons (Fsp3) is 0.789. The van der Waals surface area contributed by atoms with Gasteiger partial charge >= 0.3 is 0 Å². The quantitative estimate of drug-likeness (QED) is 0.172. The van der Waals surface area contributed by atoms with Gasteiger partial charge in [0.15, 0.2) is 6.29 Å². The summed E-state index contributed by atoms with van der Waals surface area (Å²) < 4.78 is 12.6. The fourth-order valence-electron chi connectivity index (χ4n) is 2.61. The molecule has 0 amide bonds. The van der Waals surface area contributed by atoms with Gasteiger partial charge in [0.25, 0.3) is 0 Å². The second kappa shape index (κ2) is 13.6. The minimum absolute atomic E-state index is 0.0719. The molecule has 0 aromatic carbocycles. The summed E-state index contributed by atoms with van der Waals surface area (Å²) in [6, 6.07) is 0. The van der Waals surface area contributed by atoms with Crippen molar-refractivity contribution in [3.05, 3.63) is 23.3 Å². The van der Waals surface area contributed by atoms with E-state index in [0.29, 0.717) is 0 Å². The van der Waals surface area contributed by atoms with Crippen LogP contribution in [0, 0.1) is 0 Å². The van der Waals surface area contributed by atoms with E-state index in [9.17, 15) is 0 Å². The van der Waals surface area contributed by atoms with E-state index in [0.717, 1.165) is 26.1 Å². The van der Waals surface area contributed by atoms with Crippen molar-refractivity contribution >= 4 is 22.6 Å². The van der Waals surface area contributed by atoms with Crippen molar-refractivity contribution in [2.45, 2.75) is 77.9 Å². The van der Waals surface area contributed by atoms with Gasteiger partial charge < -0.3 is 9.47 Å². The van der Waals surface area contributed by atoms with Crippen molar-refractivity contribution < 1.29 is 9.47 Å². The molecule has 1 aliphatic rings. The Hall–Kier alpha value is 0.130. The van der Waals surface area contributed by atoms with Crippen LogP contribution < -0.4 is 0 Å². The van der Waals surface area contributed by atoms with Gasteiger partial charge in [0.1, 0.15) is 0 Å². The number of halogens is 1. The summed E-state index contributed by atoms with van der Waals surface area (Å²) in [4.78, 5) is 0. The first-order chi connectivity index (χ1) is 10.7. The molecule has 0 aliphatic carbocycles. The first-order valence-electron chi connectivity index (χ1n) is 8.83. The normalized spacial score (nSPS) is 20.4. The molecule has 2 nitrogen and oxygen atoms in total. The maximum absolute atomic E-state index is 5.77. The van der Waals surface area contributed by atoms with Gasteiger partial charge in [0, 0.05) is 17.6 Å². The van der Waals surface area contributed by atoms with E-state index in [1.165, 1.54) is 60.5 Å². The standard InChI is InChI=1S/C19H33IO2/c1-17(10-7-11-18(2)12-8-14-20)9-3-5-15-21-19-13-4-6-16-22-19/h10,12,19H,3-9,11,13-16H2,1-2H3/b17-10+,18-12+. The Morgan fingerprint density at radius 3 is 2.59 bits per heavy atom. The molecular formula is C19H33IO2. The first-order valence-corrected chi connectivity index (χ1v) is 10.4. The zero-order valence-electron chi connectivity index (χ0n) is 14.4. The van der Waals surface area contributed by atoms with E-state index in [2.05, 4.69) is 48.6 Å². The molecule has 0 saturated carbocycles. The van der Waals surface area contributed by atoms with Gasteiger partial charge in [0.2, 0.25) is 0 Å². The van der Waals surface area contributed by atoms with Crippen molar-refractivity contribution in [1.29, 1.82) is 0 Å². The van der Waals surface area contributed by atoms with E-state index in [-0.39, 0.29) is 6.29 Å². The summed E-state index contributed by atoms with van der Waals surface area (Å²) in [5.74, 6) is 0. The number of hydrogen-bond donors (Lipinski definition) is 0. The topological polar surface area (TPSA) is 18.5 Å². The van der Waals surface area contributed by atoms with Gasteiger partial charge in [-0.2, -0.15) is 0 Å². The summed E-state index contributed by atoms with van der Waals surface area (Å²) >= 11 is 2.43. The van der Waals surface area contributed by atoms with Crippen molar-refractivity contribution in [2.75, 3.05) is 17.6 Å². The molecule has 0 N–H and O–H groups in total. The number of unbranched alkanes of at least 4 members (excludes halogenated alkanes) is 1. The summed E-state index contributed by atoms with van der Waals surface area (Å²) in [5, 5.41) is 0. The highest BCUT2D eigenvalue weighted by Gasteiger charge is 2.13. The summed E-state index contributed by atoms with van der Waals surface area (Å²) in [7, 11) is 0. The lowest BCUT2D eigenvalue weighted by Crippen LogP contribution is -2.22. The summed E-state index contributed by atoms with van der Waals surface area (Å²) in [6.07, 6.45) is 15.5. The van der Waals surface area contributed by atoms with Gasteiger partial charge in [-0.3, -0.25) is 0 Å². The van der Waals surface area contributed by atoms with E-state index in [4.69, 9.17) is 9.47 Å². The third kappa shape index (κ3) is 10.8. The largest absolute Gasteiger partial charge is 0.353 e. The van der Waals surface area contributed by atoms with Gasteiger partial charge in [0.05, 0.1) is 0 Å². The van der Waals surface area contributed by atoms with Gasteiger partial charge in [-0.25, -0.2) is 0 Å². The number of ether oxygens (including phenoxy) is 2. The zero-order chi connectivity index (χ0) is 16.0. The molecule has 0 aromatic rings. The van der Waals surface area contributed by atoms with Crippen molar-refractivity contribution in [3.63, 3.8) is 0 Å². The van der Waals surface area contributed by atoms with Crippen LogP contribution in [0.25, 0.3) is 0 Å². The van der Waals surface area contributed by atoms with E-state index >= 15 is 0 Å². The molecule has 22 heavy (non-hydrogen) atoms. The molecular weight excluding hydrogens is 387 g/mol. The molecule has 0 aromatic heterocycles. The molecule has 1 rings (SSSR count). The predicted octanol–water partition coefficient (Wildman–Crippen LogP) is 6.20. The fourth-order valence-corrected chi connectivity index (χ4v) is 2.93. The average Bonchev–Trinajstić information content (AvgIpc) is 2.53. The van der Waals surface area contributed by atoms with Crippen molar-refractivity contribution in [1.82, 2.24) is 0 Å². The maximum Gasteiger partial charge on any atom is 0.157 e. The summed E-state index contributed by atoms with van der Waals surface area (Å²) in [5.41, 5.74) is 3.05. The second-order valence-electron chi connectivity index (χ2n) is 6.24. The lowest BCUT2D eigenvalue weighted by atomic mass is 10.1. The summed E-state index contributed by atoms with van der Waals surface area (Å²) in [6.45, 7) is 6.23. The molecule has 0 radical (unpaired) electrons. The molecule has 0 spiro atoms. The SMILES string of the molecule is C/C(=C\CCI)CC/C=C(\C)CCCCOC1CCCCO1. The lowest BCUT2D eigenvalue weighted by Gasteiger charge is -2.22. The lowest BCUT2D eigenvalue weighted by molar-refractivity contribution is -0.162. The molecule has 3 heteroatoms. The Balaban J connectivity index is 1.99. The minimum Gasteiger partial charge on any atom is -0.353 e. The molecule has 0 bridgehead atoms. The van der Waals surface area contributed by atoms with Crippen LogP contribution in [0.1, 0.15) is 71.6 Å². The Morgan fingerprint density at radius 1 is 1.09 bits per heavy atom. The number of alkyl halides is 1. The Bertz CT molecular complexity index is 330. The van der Waals surface area contributed by atoms with Crippen LogP contribution in [0.2, 0.25) is 0 Å². The molecule has 1 fully saturated rings. The highest BCUT2D eigenvalue weighted by molar-refractivity contribution is 14.1. The number of hydrogen-bond acceptors (Lipinski definition) is 2. The highest BCUT2D eigenvalue weighted by atomic mass is 127. The van der Waals surface area contributed by atoms with Crippen molar-refractivity contribution in [3.8, 4) is 0 Å². The molecule has 1 saturated heterocycles. The smallest absolute Gasteiger partial charge is 0.157 e. The van der Waals surface area contributed by atoms with Crippen LogP contribution in [0.3, 0.4) is 0 Å². The zero-order valence-corrected chi connectivity index (χ0v) is 16.6. The van der Waals surface area contributed by atoms with Crippen molar-refractivity contribution in [2.24, 2.45) is 0 Å². The van der Waals surface area contributed by atoms with Gasteiger partial charge in [-0.05, 0) is 71.6 Å². The Morgan fingerprint density at radius 2 is 1.86 bits per heavy atom. The number of rotatable bonds is 11. The molecule has 1 aliphatic heterocycles. The van der Waals surface area contributed by atoms with Crippen LogP contribution in [0.4, 0.5) is 0 Å². The molecule has 1 atom stereocenters. The maximum atomic E-state index is 5.77. The number of allylic oxidation sites excluding steroid dienone is 4. The average molecular weight is 420 g/mol. The highest BCUT2D eigenvalue weighted by Crippen LogP contribution is 2.15. The van der Waals surface area contributed by atoms with Crippen LogP contribution >= 0.6 is 22.6 Å². The van der Waals surface area contributed by atoms with E-state index in [1.807, 2.05) is 0 Å².